The fourth-order valence-electron chi connectivity index (χ4n) is 2.67. The third-order valence-corrected chi connectivity index (χ3v) is 3.19. The molecule has 0 aromatic carbocycles. The number of hydrogen-bond donors (Lipinski definition) is 1. The Kier molecular flexibility index (Phi) is 1.26. The van der Waals surface area contributed by atoms with E-state index in [1.165, 1.54) is 25.7 Å². The highest BCUT2D eigenvalue weighted by molar-refractivity contribution is 4.89. The van der Waals surface area contributed by atoms with Crippen molar-refractivity contribution in [3.8, 4) is 0 Å². The maximum absolute atomic E-state index is 5.62. The van der Waals surface area contributed by atoms with Gasteiger partial charge in [-0.2, -0.15) is 0 Å². The van der Waals surface area contributed by atoms with Crippen LogP contribution in [0.4, 0.5) is 0 Å². The van der Waals surface area contributed by atoms with Crippen molar-refractivity contribution < 1.29 is 0 Å². The Morgan fingerprint density at radius 3 is 2.44 bits per heavy atom. The van der Waals surface area contributed by atoms with Crippen LogP contribution in [0.25, 0.3) is 0 Å². The molecule has 3 atom stereocenters. The first-order chi connectivity index (χ1) is 4.40. The maximum Gasteiger partial charge on any atom is -0.00461 e. The van der Waals surface area contributed by atoms with E-state index in [2.05, 4.69) is 0 Å². The summed E-state index contributed by atoms with van der Waals surface area (Å²) in [5, 5.41) is 0. The van der Waals surface area contributed by atoms with Crippen LogP contribution < -0.4 is 5.73 Å². The molecule has 2 aliphatic carbocycles. The Morgan fingerprint density at radius 1 is 1.22 bits per heavy atom. The normalized spacial score (nSPS) is 48.3. The second kappa shape index (κ2) is 1.98. The molecule has 2 rings (SSSR count). The van der Waals surface area contributed by atoms with E-state index in [0.717, 1.165) is 24.3 Å². The van der Waals surface area contributed by atoms with Gasteiger partial charge in [0.15, 0.2) is 0 Å². The fraction of sp³-hybridized carbons (Fsp3) is 1.00. The lowest BCUT2D eigenvalue weighted by Gasteiger charge is -2.18. The van der Waals surface area contributed by atoms with Crippen LogP contribution in [0.15, 0.2) is 0 Å². The topological polar surface area (TPSA) is 26.0 Å². The molecule has 1 nitrogen and oxygen atoms in total. The first kappa shape index (κ1) is 5.72. The van der Waals surface area contributed by atoms with Gasteiger partial charge in [0.1, 0.15) is 0 Å². The maximum atomic E-state index is 5.62. The molecule has 2 aliphatic rings. The van der Waals surface area contributed by atoms with Gasteiger partial charge in [0, 0.05) is 0 Å². The van der Waals surface area contributed by atoms with Gasteiger partial charge in [-0.05, 0) is 43.6 Å². The van der Waals surface area contributed by atoms with E-state index in [0.29, 0.717) is 0 Å². The summed E-state index contributed by atoms with van der Waals surface area (Å²) in [5.74, 6) is 3.01. The molecule has 2 unspecified atom stereocenters. The molecule has 52 valence electrons. The molecule has 0 aliphatic heterocycles. The summed E-state index contributed by atoms with van der Waals surface area (Å²) in [7, 11) is 0. The van der Waals surface area contributed by atoms with Gasteiger partial charge in [-0.1, -0.05) is 6.42 Å². The molecule has 2 saturated carbocycles. The van der Waals surface area contributed by atoms with Crippen LogP contribution in [0.1, 0.15) is 25.7 Å². The molecule has 0 aromatic rings. The third-order valence-electron chi connectivity index (χ3n) is 3.19. The predicted octanol–water partition coefficient (Wildman–Crippen LogP) is 1.38. The lowest BCUT2D eigenvalue weighted by Crippen LogP contribution is -2.19. The molecular formula is C8H15N. The summed E-state index contributed by atoms with van der Waals surface area (Å²) in [4.78, 5) is 0. The molecule has 0 aromatic heterocycles. The van der Waals surface area contributed by atoms with Gasteiger partial charge < -0.3 is 5.73 Å². The Labute approximate surface area is 56.6 Å². The summed E-state index contributed by atoms with van der Waals surface area (Å²) in [6.45, 7) is 0.946. The molecular weight excluding hydrogens is 110 g/mol. The smallest absolute Gasteiger partial charge is 0.00461 e. The minimum atomic E-state index is 0.906. The molecule has 0 spiro atoms. The minimum absolute atomic E-state index is 0.906. The molecule has 9 heavy (non-hydrogen) atoms. The van der Waals surface area contributed by atoms with Crippen LogP contribution in [0.3, 0.4) is 0 Å². The molecule has 0 radical (unpaired) electrons. The second-order valence-electron chi connectivity index (χ2n) is 3.67. The summed E-state index contributed by atoms with van der Waals surface area (Å²) in [6, 6.07) is 0. The van der Waals surface area contributed by atoms with Gasteiger partial charge in [-0.25, -0.2) is 0 Å². The van der Waals surface area contributed by atoms with Gasteiger partial charge in [-0.15, -0.1) is 0 Å². The Balaban J connectivity index is 2.01. The summed E-state index contributed by atoms with van der Waals surface area (Å²) in [6.07, 6.45) is 5.93. The molecule has 0 heterocycles. The first-order valence-corrected chi connectivity index (χ1v) is 4.10. The molecule has 0 saturated heterocycles. The summed E-state index contributed by atoms with van der Waals surface area (Å²) in [5.41, 5.74) is 5.62. The number of nitrogens with two attached hydrogens (primary N) is 1. The van der Waals surface area contributed by atoms with Gasteiger partial charge in [0.05, 0.1) is 0 Å². The predicted molar refractivity (Wildman–Crippen MR) is 38.0 cm³/mol. The quantitative estimate of drug-likeness (QED) is 0.563. The number of fused-ring (bicyclic) bond motifs is 2. The zero-order valence-corrected chi connectivity index (χ0v) is 5.84. The molecule has 1 heteroatoms. The zero-order chi connectivity index (χ0) is 6.27. The molecule has 2 bridgehead atoms. The average Bonchev–Trinajstić information content (AvgIpc) is 2.45. The Hall–Kier alpha value is -0.0400. The largest absolute Gasteiger partial charge is 0.330 e. The number of rotatable bonds is 1. The van der Waals surface area contributed by atoms with E-state index in [1.807, 2.05) is 0 Å². The van der Waals surface area contributed by atoms with Crippen molar-refractivity contribution >= 4 is 0 Å². The van der Waals surface area contributed by atoms with Crippen LogP contribution >= 0.6 is 0 Å². The van der Waals surface area contributed by atoms with Crippen LogP contribution in [-0.4, -0.2) is 6.54 Å². The van der Waals surface area contributed by atoms with Crippen molar-refractivity contribution in [3.05, 3.63) is 0 Å². The van der Waals surface area contributed by atoms with E-state index in [4.69, 9.17) is 5.73 Å². The van der Waals surface area contributed by atoms with Crippen molar-refractivity contribution in [2.75, 3.05) is 6.54 Å². The van der Waals surface area contributed by atoms with E-state index < -0.39 is 0 Å². The Morgan fingerprint density at radius 2 is 2.11 bits per heavy atom. The molecule has 2 fully saturated rings. The van der Waals surface area contributed by atoms with Crippen molar-refractivity contribution in [1.29, 1.82) is 0 Å². The lowest BCUT2D eigenvalue weighted by atomic mass is 9.89. The van der Waals surface area contributed by atoms with Crippen LogP contribution in [0, 0.1) is 17.8 Å². The Bertz CT molecular complexity index is 111. The zero-order valence-electron chi connectivity index (χ0n) is 5.84. The lowest BCUT2D eigenvalue weighted by molar-refractivity contribution is 0.341. The molecule has 2 N–H and O–H groups in total. The van der Waals surface area contributed by atoms with Crippen LogP contribution in [-0.2, 0) is 0 Å². The van der Waals surface area contributed by atoms with Crippen molar-refractivity contribution in [2.24, 2.45) is 23.5 Å². The summed E-state index contributed by atoms with van der Waals surface area (Å²) >= 11 is 0. The SMILES string of the molecule is NCC1CC2CC[C@@H]1C2. The van der Waals surface area contributed by atoms with Crippen molar-refractivity contribution in [2.45, 2.75) is 25.7 Å². The fourth-order valence-corrected chi connectivity index (χ4v) is 2.67. The third kappa shape index (κ3) is 0.787. The first-order valence-electron chi connectivity index (χ1n) is 4.10. The number of hydrogen-bond acceptors (Lipinski definition) is 1. The second-order valence-corrected chi connectivity index (χ2v) is 3.67. The monoisotopic (exact) mass is 125 g/mol. The van der Waals surface area contributed by atoms with Gasteiger partial charge in [0.25, 0.3) is 0 Å². The van der Waals surface area contributed by atoms with E-state index in [1.54, 1.807) is 0 Å². The average molecular weight is 125 g/mol. The van der Waals surface area contributed by atoms with Crippen molar-refractivity contribution in [1.82, 2.24) is 0 Å². The van der Waals surface area contributed by atoms with E-state index in [-0.39, 0.29) is 0 Å². The van der Waals surface area contributed by atoms with E-state index in [9.17, 15) is 0 Å². The van der Waals surface area contributed by atoms with E-state index >= 15 is 0 Å². The van der Waals surface area contributed by atoms with Gasteiger partial charge >= 0.3 is 0 Å². The highest BCUT2D eigenvalue weighted by Gasteiger charge is 2.38. The standard InChI is InChI=1S/C8H15N/c9-5-8-4-6-1-2-7(8)3-6/h6-8H,1-5,9H2/t6?,7-,8?/m1/s1. The summed E-state index contributed by atoms with van der Waals surface area (Å²) < 4.78 is 0. The van der Waals surface area contributed by atoms with Crippen LogP contribution in [0.5, 0.6) is 0 Å². The van der Waals surface area contributed by atoms with Gasteiger partial charge in [0.2, 0.25) is 0 Å². The highest BCUT2D eigenvalue weighted by atomic mass is 14.6. The highest BCUT2D eigenvalue weighted by Crippen LogP contribution is 2.47. The van der Waals surface area contributed by atoms with Gasteiger partial charge in [-0.3, -0.25) is 0 Å². The van der Waals surface area contributed by atoms with Crippen molar-refractivity contribution in [3.63, 3.8) is 0 Å². The molecule has 0 amide bonds. The van der Waals surface area contributed by atoms with Crippen LogP contribution in [0.2, 0.25) is 0 Å². The minimum Gasteiger partial charge on any atom is -0.330 e.